The molecule has 96 valence electrons. The molecule has 1 N–H and O–H groups in total. The van der Waals surface area contributed by atoms with Crippen LogP contribution >= 0.6 is 0 Å². The van der Waals surface area contributed by atoms with Crippen LogP contribution < -0.4 is 5.56 Å². The Morgan fingerprint density at radius 3 is 2.56 bits per heavy atom. The molecule has 0 radical (unpaired) electrons. The normalized spacial score (nSPS) is 11.8. The van der Waals surface area contributed by atoms with Crippen molar-refractivity contribution >= 4 is 0 Å². The molecule has 1 aromatic carbocycles. The Bertz CT molecular complexity index is 605. The fourth-order valence-electron chi connectivity index (χ4n) is 1.75. The van der Waals surface area contributed by atoms with E-state index in [0.717, 1.165) is 11.3 Å². The number of H-pyrrole nitrogens is 1. The van der Waals surface area contributed by atoms with Gasteiger partial charge in [-0.15, -0.1) is 0 Å². The van der Waals surface area contributed by atoms with E-state index in [-0.39, 0.29) is 16.8 Å². The summed E-state index contributed by atoms with van der Waals surface area (Å²) in [5, 5.41) is 3.07. The first-order valence-electron chi connectivity index (χ1n) is 5.91. The Morgan fingerprint density at radius 2 is 2.00 bits per heavy atom. The van der Waals surface area contributed by atoms with Crippen molar-refractivity contribution in [2.75, 3.05) is 0 Å². The van der Waals surface area contributed by atoms with E-state index < -0.39 is 0 Å². The molecule has 1 heterocycles. The molecule has 2 rings (SSSR count). The summed E-state index contributed by atoms with van der Waals surface area (Å²) in [6.07, 6.45) is 0. The summed E-state index contributed by atoms with van der Waals surface area (Å²) in [4.78, 5) is 11.8. The minimum atomic E-state index is -0.289. The molecular weight excluding hydrogens is 231 g/mol. The maximum absolute atomic E-state index is 13.1. The van der Waals surface area contributed by atoms with Crippen molar-refractivity contribution in [1.82, 2.24) is 9.78 Å². The van der Waals surface area contributed by atoms with Gasteiger partial charge >= 0.3 is 0 Å². The Hall–Kier alpha value is -1.84. The number of halogens is 1. The Balaban J connectivity index is 2.30. The Morgan fingerprint density at radius 1 is 1.28 bits per heavy atom. The third kappa shape index (κ3) is 2.70. The second-order valence-corrected chi connectivity index (χ2v) is 5.47. The lowest BCUT2D eigenvalue weighted by Gasteiger charge is -2.15. The van der Waals surface area contributed by atoms with Crippen LogP contribution in [0.4, 0.5) is 4.39 Å². The molecule has 0 aliphatic rings. The molecule has 0 saturated carbocycles. The summed E-state index contributed by atoms with van der Waals surface area (Å²) in [5.41, 5.74) is 1.44. The maximum Gasteiger partial charge on any atom is 0.267 e. The van der Waals surface area contributed by atoms with Crippen molar-refractivity contribution in [2.45, 2.75) is 32.7 Å². The molecule has 3 nitrogen and oxygen atoms in total. The second kappa shape index (κ2) is 4.44. The van der Waals surface area contributed by atoms with Gasteiger partial charge in [0.15, 0.2) is 0 Å². The van der Waals surface area contributed by atoms with Crippen LogP contribution in [-0.4, -0.2) is 9.78 Å². The molecule has 0 aliphatic heterocycles. The molecule has 0 aliphatic carbocycles. The lowest BCUT2D eigenvalue weighted by Crippen LogP contribution is -2.17. The Kier molecular flexibility index (Phi) is 3.11. The van der Waals surface area contributed by atoms with Crippen molar-refractivity contribution in [3.8, 4) is 0 Å². The van der Waals surface area contributed by atoms with Crippen LogP contribution in [0.5, 0.6) is 0 Å². The number of hydrogen-bond acceptors (Lipinski definition) is 1. The summed E-state index contributed by atoms with van der Waals surface area (Å²) in [6, 6.07) is 7.86. The molecule has 0 unspecified atom stereocenters. The predicted octanol–water partition coefficient (Wildman–Crippen LogP) is 2.66. The maximum atomic E-state index is 13.1. The highest BCUT2D eigenvalue weighted by Crippen LogP contribution is 2.18. The Labute approximate surface area is 105 Å². The number of benzene rings is 1. The lowest BCUT2D eigenvalue weighted by molar-refractivity contribution is 0.542. The van der Waals surface area contributed by atoms with Crippen molar-refractivity contribution in [3.63, 3.8) is 0 Å². The molecule has 4 heteroatoms. The van der Waals surface area contributed by atoms with Crippen molar-refractivity contribution < 1.29 is 4.39 Å². The largest absolute Gasteiger partial charge is 0.299 e. The highest BCUT2D eigenvalue weighted by molar-refractivity contribution is 5.17. The zero-order chi connectivity index (χ0) is 13.3. The first-order chi connectivity index (χ1) is 8.36. The molecule has 2 aromatic rings. The smallest absolute Gasteiger partial charge is 0.267 e. The van der Waals surface area contributed by atoms with E-state index in [2.05, 4.69) is 5.10 Å². The fourth-order valence-corrected chi connectivity index (χ4v) is 1.75. The van der Waals surface area contributed by atoms with Gasteiger partial charge in [-0.3, -0.25) is 9.89 Å². The van der Waals surface area contributed by atoms with Crippen LogP contribution in [0.25, 0.3) is 0 Å². The van der Waals surface area contributed by atoms with Gasteiger partial charge in [-0.05, 0) is 17.7 Å². The third-order valence-corrected chi connectivity index (χ3v) is 2.83. The summed E-state index contributed by atoms with van der Waals surface area (Å²) < 4.78 is 14.6. The average molecular weight is 248 g/mol. The van der Waals surface area contributed by atoms with Crippen LogP contribution in [0.3, 0.4) is 0 Å². The van der Waals surface area contributed by atoms with Gasteiger partial charge in [-0.25, -0.2) is 9.07 Å². The molecule has 0 atom stereocenters. The monoisotopic (exact) mass is 248 g/mol. The van der Waals surface area contributed by atoms with Gasteiger partial charge in [0.1, 0.15) is 5.82 Å². The molecule has 0 amide bonds. The van der Waals surface area contributed by atoms with Gasteiger partial charge < -0.3 is 0 Å². The minimum Gasteiger partial charge on any atom is -0.299 e. The van der Waals surface area contributed by atoms with E-state index in [1.165, 1.54) is 16.8 Å². The number of hydrogen-bond donors (Lipinski definition) is 1. The van der Waals surface area contributed by atoms with E-state index in [0.29, 0.717) is 6.54 Å². The summed E-state index contributed by atoms with van der Waals surface area (Å²) in [6.45, 7) is 6.45. The van der Waals surface area contributed by atoms with Gasteiger partial charge in [0.05, 0.1) is 6.54 Å². The van der Waals surface area contributed by atoms with Gasteiger partial charge in [0.25, 0.3) is 5.56 Å². The molecule has 0 spiro atoms. The first-order valence-corrected chi connectivity index (χ1v) is 5.91. The van der Waals surface area contributed by atoms with Crippen LogP contribution in [0.1, 0.15) is 32.0 Å². The fraction of sp³-hybridized carbons (Fsp3) is 0.357. The number of nitrogens with zero attached hydrogens (tertiary/aromatic N) is 1. The quantitative estimate of drug-likeness (QED) is 0.871. The second-order valence-electron chi connectivity index (χ2n) is 5.47. The van der Waals surface area contributed by atoms with Crippen LogP contribution in [0.2, 0.25) is 0 Å². The summed E-state index contributed by atoms with van der Waals surface area (Å²) in [5.74, 6) is -0.289. The molecule has 0 fully saturated rings. The molecular formula is C14H17FN2O. The minimum absolute atomic E-state index is 0.0933. The number of nitrogens with one attached hydrogen (secondary N) is 1. The van der Waals surface area contributed by atoms with Crippen LogP contribution in [0.15, 0.2) is 35.1 Å². The average Bonchev–Trinajstić information content (AvgIpc) is 2.60. The lowest BCUT2D eigenvalue weighted by atomic mass is 9.93. The van der Waals surface area contributed by atoms with Crippen molar-refractivity contribution in [3.05, 3.63) is 57.8 Å². The van der Waals surface area contributed by atoms with Gasteiger partial charge in [-0.1, -0.05) is 32.9 Å². The molecule has 1 aromatic heterocycles. The highest BCUT2D eigenvalue weighted by atomic mass is 19.1. The standard InChI is InChI=1S/C14H17FN2O/c1-14(2,3)12-8-13(18)17(16-12)9-10-5-4-6-11(15)7-10/h4-8,16H,9H2,1-3H3. The summed E-state index contributed by atoms with van der Waals surface area (Å²) in [7, 11) is 0. The van der Waals surface area contributed by atoms with E-state index in [1.807, 2.05) is 20.8 Å². The number of aromatic amines is 1. The van der Waals surface area contributed by atoms with Gasteiger partial charge in [0, 0.05) is 17.2 Å². The first kappa shape index (κ1) is 12.6. The van der Waals surface area contributed by atoms with E-state index in [4.69, 9.17) is 0 Å². The van der Waals surface area contributed by atoms with Gasteiger partial charge in [0.2, 0.25) is 0 Å². The number of aromatic nitrogens is 2. The van der Waals surface area contributed by atoms with E-state index in [9.17, 15) is 9.18 Å². The topological polar surface area (TPSA) is 37.8 Å². The molecule has 0 saturated heterocycles. The number of rotatable bonds is 2. The van der Waals surface area contributed by atoms with Crippen molar-refractivity contribution in [2.24, 2.45) is 0 Å². The van der Waals surface area contributed by atoms with E-state index >= 15 is 0 Å². The van der Waals surface area contributed by atoms with Crippen molar-refractivity contribution in [1.29, 1.82) is 0 Å². The SMILES string of the molecule is CC(C)(C)c1cc(=O)n(Cc2cccc(F)c2)[nH]1. The van der Waals surface area contributed by atoms with Gasteiger partial charge in [-0.2, -0.15) is 0 Å². The zero-order valence-electron chi connectivity index (χ0n) is 10.8. The van der Waals surface area contributed by atoms with Crippen LogP contribution in [0, 0.1) is 5.82 Å². The molecule has 18 heavy (non-hydrogen) atoms. The highest BCUT2D eigenvalue weighted by Gasteiger charge is 2.17. The molecule has 0 bridgehead atoms. The summed E-state index contributed by atoms with van der Waals surface area (Å²) >= 11 is 0. The zero-order valence-corrected chi connectivity index (χ0v) is 10.8. The predicted molar refractivity (Wildman–Crippen MR) is 69.3 cm³/mol. The third-order valence-electron chi connectivity index (χ3n) is 2.83. The van der Waals surface area contributed by atoms with E-state index in [1.54, 1.807) is 18.2 Å². The van der Waals surface area contributed by atoms with Crippen LogP contribution in [-0.2, 0) is 12.0 Å².